The number of ether oxygens (including phenoxy) is 3. The number of thiophene rings is 1. The maximum atomic E-state index is 9.75. The lowest BCUT2D eigenvalue weighted by Gasteiger charge is -2.08. The number of nitriles is 1. The van der Waals surface area contributed by atoms with Crippen molar-refractivity contribution >= 4 is 11.3 Å². The van der Waals surface area contributed by atoms with Crippen LogP contribution in [-0.4, -0.2) is 11.8 Å². The van der Waals surface area contributed by atoms with Crippen molar-refractivity contribution in [2.45, 2.75) is 19.7 Å². The summed E-state index contributed by atoms with van der Waals surface area (Å²) in [5, 5.41) is 15.8. The number of hydrogen-bond donors (Lipinski definition) is 1. The summed E-state index contributed by atoms with van der Waals surface area (Å²) < 4.78 is 16.8. The van der Waals surface area contributed by atoms with E-state index >= 15 is 0 Å². The van der Waals surface area contributed by atoms with Gasteiger partial charge < -0.3 is 19.5 Å². The summed E-state index contributed by atoms with van der Waals surface area (Å²) in [6.45, 7) is 2.21. The van der Waals surface area contributed by atoms with Gasteiger partial charge in [0.1, 0.15) is 18.2 Å². The highest BCUT2D eigenvalue weighted by atomic mass is 32.1. The van der Waals surface area contributed by atoms with Gasteiger partial charge in [0.15, 0.2) is 16.6 Å². The first kappa shape index (κ1) is 21.0. The van der Waals surface area contributed by atoms with E-state index in [1.165, 1.54) is 22.5 Å². The largest absolute Gasteiger partial charge is 0.478 e. The molecule has 164 valence electrons. The van der Waals surface area contributed by atoms with Crippen molar-refractivity contribution in [3.8, 4) is 33.8 Å². The van der Waals surface area contributed by atoms with Gasteiger partial charge in [0.25, 0.3) is 0 Å². The molecular weight excluding hydrogens is 434 g/mol. The number of benzene rings is 2. The minimum absolute atomic E-state index is 0.224. The Labute approximate surface area is 196 Å². The molecule has 0 saturated carbocycles. The van der Waals surface area contributed by atoms with Gasteiger partial charge in [-0.05, 0) is 46.5 Å². The second-order valence-corrected chi connectivity index (χ2v) is 8.40. The first-order valence-electron chi connectivity index (χ1n) is 10.5. The first-order valence-corrected chi connectivity index (χ1v) is 11.4. The van der Waals surface area contributed by atoms with Crippen molar-refractivity contribution in [1.29, 1.82) is 5.26 Å². The lowest BCUT2D eigenvalue weighted by atomic mass is 10.0. The third kappa shape index (κ3) is 4.82. The van der Waals surface area contributed by atoms with E-state index < -0.39 is 0 Å². The minimum atomic E-state index is 0.224. The van der Waals surface area contributed by atoms with Crippen LogP contribution in [0.25, 0.3) is 11.1 Å². The fourth-order valence-corrected chi connectivity index (χ4v) is 4.46. The average Bonchev–Trinajstić information content (AvgIpc) is 3.50. The van der Waals surface area contributed by atoms with Crippen molar-refractivity contribution < 1.29 is 14.2 Å². The maximum Gasteiger partial charge on any atom is 0.231 e. The standard InChI is InChI=1S/C26H21N3O3S/c27-12-22-23(21-5-6-24-25(11-21)32-17-31-24)16-33-26(22)30-15-20-3-1-18(2-4-20)13-29-14-19-7-9-28-10-8-19/h1-11,16,29H,13-15,17H2. The van der Waals surface area contributed by atoms with E-state index in [2.05, 4.69) is 40.6 Å². The Bertz CT molecular complexity index is 1280. The fourth-order valence-electron chi connectivity index (χ4n) is 3.58. The van der Waals surface area contributed by atoms with Crippen molar-refractivity contribution in [2.75, 3.05) is 6.79 Å². The number of aromatic nitrogens is 1. The molecule has 0 unspecified atom stereocenters. The predicted molar refractivity (Wildman–Crippen MR) is 126 cm³/mol. The van der Waals surface area contributed by atoms with Gasteiger partial charge in [-0.15, -0.1) is 11.3 Å². The molecule has 0 atom stereocenters. The van der Waals surface area contributed by atoms with E-state index in [0.29, 0.717) is 23.0 Å². The number of fused-ring (bicyclic) bond motifs is 1. The molecule has 0 fully saturated rings. The second kappa shape index (κ2) is 9.74. The van der Waals surface area contributed by atoms with Crippen LogP contribution in [0.1, 0.15) is 22.3 Å². The molecule has 0 saturated heterocycles. The Balaban J connectivity index is 1.20. The Hall–Kier alpha value is -3.86. The average molecular weight is 456 g/mol. The number of hydrogen-bond acceptors (Lipinski definition) is 7. The number of pyridine rings is 1. The summed E-state index contributed by atoms with van der Waals surface area (Å²) in [5.74, 6) is 1.42. The van der Waals surface area contributed by atoms with Gasteiger partial charge >= 0.3 is 0 Å². The van der Waals surface area contributed by atoms with E-state index in [1.54, 1.807) is 12.4 Å². The van der Waals surface area contributed by atoms with Gasteiger partial charge in [-0.2, -0.15) is 5.26 Å². The van der Waals surface area contributed by atoms with Crippen molar-refractivity contribution in [2.24, 2.45) is 0 Å². The molecule has 7 heteroatoms. The lowest BCUT2D eigenvalue weighted by molar-refractivity contribution is 0.174. The molecule has 1 aliphatic rings. The zero-order valence-corrected chi connectivity index (χ0v) is 18.6. The van der Waals surface area contributed by atoms with E-state index in [1.807, 2.05) is 35.7 Å². The number of rotatable bonds is 8. The molecule has 0 spiro atoms. The van der Waals surface area contributed by atoms with Crippen LogP contribution in [-0.2, 0) is 19.7 Å². The molecule has 2 aromatic heterocycles. The Morgan fingerprint density at radius 1 is 0.939 bits per heavy atom. The monoisotopic (exact) mass is 455 g/mol. The summed E-state index contributed by atoms with van der Waals surface area (Å²) >= 11 is 1.43. The molecule has 33 heavy (non-hydrogen) atoms. The molecule has 0 amide bonds. The third-order valence-electron chi connectivity index (χ3n) is 5.35. The molecule has 0 bridgehead atoms. The highest BCUT2D eigenvalue weighted by Gasteiger charge is 2.18. The topological polar surface area (TPSA) is 76.4 Å². The van der Waals surface area contributed by atoms with Gasteiger partial charge in [0, 0.05) is 36.4 Å². The van der Waals surface area contributed by atoms with Crippen LogP contribution in [0.2, 0.25) is 0 Å². The summed E-state index contributed by atoms with van der Waals surface area (Å²) in [7, 11) is 0. The summed E-state index contributed by atoms with van der Waals surface area (Å²) in [4.78, 5) is 4.03. The van der Waals surface area contributed by atoms with Crippen LogP contribution in [0.3, 0.4) is 0 Å². The summed E-state index contributed by atoms with van der Waals surface area (Å²) in [6, 6.07) is 20.3. The predicted octanol–water partition coefficient (Wildman–Crippen LogP) is 5.28. The minimum Gasteiger partial charge on any atom is -0.478 e. The molecule has 0 aliphatic carbocycles. The van der Waals surface area contributed by atoms with Crippen molar-refractivity contribution in [1.82, 2.24) is 10.3 Å². The van der Waals surface area contributed by atoms with Gasteiger partial charge in [-0.25, -0.2) is 0 Å². The van der Waals surface area contributed by atoms with Gasteiger partial charge in [0.2, 0.25) is 6.79 Å². The normalized spacial score (nSPS) is 11.8. The highest BCUT2D eigenvalue weighted by Crippen LogP contribution is 2.41. The third-order valence-corrected chi connectivity index (χ3v) is 6.24. The van der Waals surface area contributed by atoms with Gasteiger partial charge in [-0.1, -0.05) is 30.3 Å². The lowest BCUT2D eigenvalue weighted by Crippen LogP contribution is -2.12. The molecule has 1 aliphatic heterocycles. The van der Waals surface area contributed by atoms with Crippen LogP contribution in [0.5, 0.6) is 16.6 Å². The molecule has 1 N–H and O–H groups in total. The highest BCUT2D eigenvalue weighted by molar-refractivity contribution is 7.12. The van der Waals surface area contributed by atoms with Crippen LogP contribution >= 0.6 is 11.3 Å². The van der Waals surface area contributed by atoms with Gasteiger partial charge in [0.05, 0.1) is 0 Å². The molecule has 6 nitrogen and oxygen atoms in total. The first-order chi connectivity index (χ1) is 16.3. The van der Waals surface area contributed by atoms with Crippen LogP contribution in [0.4, 0.5) is 0 Å². The smallest absolute Gasteiger partial charge is 0.231 e. The molecular formula is C26H21N3O3S. The van der Waals surface area contributed by atoms with Crippen molar-refractivity contribution in [3.63, 3.8) is 0 Å². The fraction of sp³-hybridized carbons (Fsp3) is 0.154. The Morgan fingerprint density at radius 2 is 1.67 bits per heavy atom. The van der Waals surface area contributed by atoms with E-state index in [-0.39, 0.29) is 6.79 Å². The molecule has 3 heterocycles. The Morgan fingerprint density at radius 3 is 2.45 bits per heavy atom. The van der Waals surface area contributed by atoms with E-state index in [9.17, 15) is 5.26 Å². The molecule has 2 aromatic carbocycles. The molecule has 4 aromatic rings. The quantitative estimate of drug-likeness (QED) is 0.390. The summed E-state index contributed by atoms with van der Waals surface area (Å²) in [5.41, 5.74) is 5.74. The summed E-state index contributed by atoms with van der Waals surface area (Å²) in [6.07, 6.45) is 3.60. The van der Waals surface area contributed by atoms with Gasteiger partial charge in [-0.3, -0.25) is 4.98 Å². The van der Waals surface area contributed by atoms with Crippen LogP contribution in [0, 0.1) is 11.3 Å². The number of nitrogens with zero attached hydrogens (tertiary/aromatic N) is 2. The Kier molecular flexibility index (Phi) is 6.20. The van der Waals surface area contributed by atoms with Crippen LogP contribution < -0.4 is 19.5 Å². The van der Waals surface area contributed by atoms with Crippen molar-refractivity contribution in [3.05, 3.63) is 94.6 Å². The zero-order chi connectivity index (χ0) is 22.5. The van der Waals surface area contributed by atoms with E-state index in [4.69, 9.17) is 14.2 Å². The molecule has 0 radical (unpaired) electrons. The molecule has 5 rings (SSSR count). The van der Waals surface area contributed by atoms with Crippen LogP contribution in [0.15, 0.2) is 72.4 Å². The maximum absolute atomic E-state index is 9.75. The number of nitrogens with one attached hydrogen (secondary N) is 1. The zero-order valence-electron chi connectivity index (χ0n) is 17.8. The second-order valence-electron chi connectivity index (χ2n) is 7.56. The van der Waals surface area contributed by atoms with E-state index in [0.717, 1.165) is 35.5 Å². The SMILES string of the molecule is N#Cc1c(-c2ccc3c(c2)OCO3)csc1OCc1ccc(CNCc2ccncc2)cc1.